The second kappa shape index (κ2) is 4.43. The quantitative estimate of drug-likeness (QED) is 0.584. The first-order valence-electron chi connectivity index (χ1n) is 7.35. The predicted octanol–water partition coefficient (Wildman–Crippen LogP) is 1.90. The molecular weight excluding hydrogens is 304 g/mol. The van der Waals surface area contributed by atoms with E-state index in [1.807, 2.05) is 18.2 Å². The molecular formula is C16H16O5S. The zero-order valence-corrected chi connectivity index (χ0v) is 12.7. The van der Waals surface area contributed by atoms with Crippen molar-refractivity contribution >= 4 is 15.8 Å². The first-order chi connectivity index (χ1) is 10.5. The number of benzene rings is 1. The van der Waals surface area contributed by atoms with Crippen molar-refractivity contribution in [3.05, 3.63) is 48.0 Å². The molecule has 1 saturated heterocycles. The van der Waals surface area contributed by atoms with E-state index >= 15 is 0 Å². The number of carbonyl (C=O) groups excluding carboxylic acids is 1. The van der Waals surface area contributed by atoms with E-state index < -0.39 is 32.4 Å². The minimum absolute atomic E-state index is 0.0222. The van der Waals surface area contributed by atoms with Gasteiger partial charge in [-0.1, -0.05) is 42.5 Å². The van der Waals surface area contributed by atoms with Gasteiger partial charge >= 0.3 is 5.97 Å². The molecule has 22 heavy (non-hydrogen) atoms. The number of esters is 1. The molecule has 2 spiro atoms. The highest BCUT2D eigenvalue weighted by molar-refractivity contribution is 7.93. The van der Waals surface area contributed by atoms with Crippen LogP contribution in [-0.4, -0.2) is 30.7 Å². The first kappa shape index (κ1) is 14.0. The predicted molar refractivity (Wildman–Crippen MR) is 78.6 cm³/mol. The number of rotatable bonds is 1. The molecule has 6 heteroatoms. The van der Waals surface area contributed by atoms with Gasteiger partial charge in [0.1, 0.15) is 0 Å². The van der Waals surface area contributed by atoms with Crippen LogP contribution in [-0.2, 0) is 24.1 Å². The van der Waals surface area contributed by atoms with Gasteiger partial charge in [-0.3, -0.25) is 0 Å². The molecule has 5 nitrogen and oxygen atoms in total. The summed E-state index contributed by atoms with van der Waals surface area (Å²) in [5.41, 5.74) is 0.686. The van der Waals surface area contributed by atoms with Crippen molar-refractivity contribution in [2.75, 3.05) is 5.75 Å². The first-order valence-corrected chi connectivity index (χ1v) is 9.01. The van der Waals surface area contributed by atoms with E-state index in [1.54, 1.807) is 24.3 Å². The zero-order valence-electron chi connectivity index (χ0n) is 11.9. The SMILES string of the molecule is O=C1O[C@]2(CCC[C@@]23C=CCS3(=O)=O)O[C@@H]1c1ccccc1. The molecule has 116 valence electrons. The normalized spacial score (nSPS) is 38.9. The number of hydrogen-bond donors (Lipinski definition) is 0. The topological polar surface area (TPSA) is 69.7 Å². The maximum atomic E-state index is 12.6. The third-order valence-electron chi connectivity index (χ3n) is 4.85. The van der Waals surface area contributed by atoms with Gasteiger partial charge in [-0.25, -0.2) is 13.2 Å². The molecule has 4 rings (SSSR count). The van der Waals surface area contributed by atoms with E-state index in [2.05, 4.69) is 0 Å². The Morgan fingerprint density at radius 3 is 2.59 bits per heavy atom. The Morgan fingerprint density at radius 1 is 1.14 bits per heavy atom. The molecule has 1 saturated carbocycles. The molecule has 0 unspecified atom stereocenters. The molecule has 2 heterocycles. The smallest absolute Gasteiger partial charge is 0.342 e. The fraction of sp³-hybridized carbons (Fsp3) is 0.438. The number of carbonyl (C=O) groups is 1. The van der Waals surface area contributed by atoms with Gasteiger partial charge in [-0.05, 0) is 18.4 Å². The van der Waals surface area contributed by atoms with E-state index in [9.17, 15) is 13.2 Å². The summed E-state index contributed by atoms with van der Waals surface area (Å²) in [5, 5.41) is 0. The van der Waals surface area contributed by atoms with E-state index in [1.165, 1.54) is 0 Å². The monoisotopic (exact) mass is 320 g/mol. The van der Waals surface area contributed by atoms with Crippen LogP contribution in [0.15, 0.2) is 42.5 Å². The number of fused-ring (bicyclic) bond motifs is 1. The standard InChI is InChI=1S/C16H16O5S/c17-14-13(12-6-2-1-3-7-12)20-16(21-14)10-4-8-15(16)9-5-11-22(15,18)19/h1-3,5-7,9,13H,4,8,10-11H2/t13-,15-,16+/m1/s1. The molecule has 0 radical (unpaired) electrons. The summed E-state index contributed by atoms with van der Waals surface area (Å²) in [7, 11) is -3.42. The Balaban J connectivity index is 1.77. The van der Waals surface area contributed by atoms with Crippen LogP contribution >= 0.6 is 0 Å². The average Bonchev–Trinajstić information content (AvgIpc) is 3.12. The maximum absolute atomic E-state index is 12.6. The Kier molecular flexibility index (Phi) is 2.81. The third-order valence-corrected chi connectivity index (χ3v) is 7.24. The Morgan fingerprint density at radius 2 is 1.91 bits per heavy atom. The van der Waals surface area contributed by atoms with Crippen LogP contribution in [0.25, 0.3) is 0 Å². The largest absolute Gasteiger partial charge is 0.429 e. The fourth-order valence-electron chi connectivity index (χ4n) is 3.81. The number of hydrogen-bond acceptors (Lipinski definition) is 5. The van der Waals surface area contributed by atoms with E-state index in [4.69, 9.17) is 9.47 Å². The minimum Gasteiger partial charge on any atom is -0.429 e. The molecule has 1 aromatic carbocycles. The van der Waals surface area contributed by atoms with Crippen LogP contribution in [0.3, 0.4) is 0 Å². The molecule has 0 aromatic heterocycles. The van der Waals surface area contributed by atoms with Crippen LogP contribution in [0.4, 0.5) is 0 Å². The second-order valence-electron chi connectivity index (χ2n) is 6.01. The van der Waals surface area contributed by atoms with Crippen molar-refractivity contribution in [3.8, 4) is 0 Å². The fourth-order valence-corrected chi connectivity index (χ4v) is 5.88. The molecule has 3 aliphatic rings. The highest BCUT2D eigenvalue weighted by atomic mass is 32.2. The van der Waals surface area contributed by atoms with Crippen molar-refractivity contribution in [2.45, 2.75) is 35.9 Å². The lowest BCUT2D eigenvalue weighted by atomic mass is 10.0. The minimum atomic E-state index is -3.42. The van der Waals surface area contributed by atoms with Gasteiger partial charge in [0.25, 0.3) is 0 Å². The lowest BCUT2D eigenvalue weighted by Crippen LogP contribution is -2.53. The summed E-state index contributed by atoms with van der Waals surface area (Å²) in [6, 6.07) is 9.04. The van der Waals surface area contributed by atoms with Crippen molar-refractivity contribution < 1.29 is 22.7 Å². The molecule has 0 amide bonds. The zero-order chi connectivity index (χ0) is 15.4. The maximum Gasteiger partial charge on any atom is 0.342 e. The second-order valence-corrected chi connectivity index (χ2v) is 8.30. The van der Waals surface area contributed by atoms with Crippen LogP contribution in [0.5, 0.6) is 0 Å². The van der Waals surface area contributed by atoms with Gasteiger partial charge < -0.3 is 9.47 Å². The third kappa shape index (κ3) is 1.62. The van der Waals surface area contributed by atoms with Gasteiger partial charge in [-0.15, -0.1) is 0 Å². The molecule has 2 fully saturated rings. The van der Waals surface area contributed by atoms with Crippen LogP contribution in [0, 0.1) is 0 Å². The average molecular weight is 320 g/mol. The van der Waals surface area contributed by atoms with Gasteiger partial charge in [0, 0.05) is 6.42 Å². The molecule has 1 aromatic rings. The van der Waals surface area contributed by atoms with Gasteiger partial charge in [0.05, 0.1) is 5.75 Å². The molecule has 0 bridgehead atoms. The lowest BCUT2D eigenvalue weighted by Gasteiger charge is -2.35. The summed E-state index contributed by atoms with van der Waals surface area (Å²) in [6.45, 7) is 0. The van der Waals surface area contributed by atoms with Crippen LogP contribution < -0.4 is 0 Å². The lowest BCUT2D eigenvalue weighted by molar-refractivity contribution is -0.181. The summed E-state index contributed by atoms with van der Waals surface area (Å²) < 4.78 is 35.4. The summed E-state index contributed by atoms with van der Waals surface area (Å²) in [5.74, 6) is -1.91. The Hall–Kier alpha value is -1.66. The van der Waals surface area contributed by atoms with Gasteiger partial charge in [0.2, 0.25) is 5.79 Å². The Labute approximate surface area is 128 Å². The highest BCUT2D eigenvalue weighted by Gasteiger charge is 2.70. The summed E-state index contributed by atoms with van der Waals surface area (Å²) >= 11 is 0. The summed E-state index contributed by atoms with van der Waals surface area (Å²) in [6.07, 6.45) is 3.93. The van der Waals surface area contributed by atoms with Crippen LogP contribution in [0.1, 0.15) is 30.9 Å². The van der Waals surface area contributed by atoms with Crippen LogP contribution in [0.2, 0.25) is 0 Å². The molecule has 2 aliphatic heterocycles. The van der Waals surface area contributed by atoms with Gasteiger partial charge in [-0.2, -0.15) is 0 Å². The number of ether oxygens (including phenoxy) is 2. The summed E-state index contributed by atoms with van der Waals surface area (Å²) in [4.78, 5) is 12.3. The van der Waals surface area contributed by atoms with E-state index in [0.717, 1.165) is 0 Å². The van der Waals surface area contributed by atoms with Crippen molar-refractivity contribution in [2.24, 2.45) is 0 Å². The Bertz CT molecular complexity index is 754. The van der Waals surface area contributed by atoms with Gasteiger partial charge in [0.15, 0.2) is 20.7 Å². The van der Waals surface area contributed by atoms with Crippen molar-refractivity contribution in [1.82, 2.24) is 0 Å². The highest BCUT2D eigenvalue weighted by Crippen LogP contribution is 2.56. The molecule has 1 aliphatic carbocycles. The molecule has 3 atom stereocenters. The van der Waals surface area contributed by atoms with Crippen molar-refractivity contribution in [3.63, 3.8) is 0 Å². The van der Waals surface area contributed by atoms with Crippen molar-refractivity contribution in [1.29, 1.82) is 0 Å². The van der Waals surface area contributed by atoms with E-state index in [-0.39, 0.29) is 5.75 Å². The molecule has 0 N–H and O–H groups in total. The number of sulfone groups is 1. The van der Waals surface area contributed by atoms with E-state index in [0.29, 0.717) is 24.8 Å².